The highest BCUT2D eigenvalue weighted by Gasteiger charge is 2.15. The van der Waals surface area contributed by atoms with Crippen molar-refractivity contribution in [1.29, 1.82) is 0 Å². The van der Waals surface area contributed by atoms with E-state index in [9.17, 15) is 4.79 Å². The smallest absolute Gasteiger partial charge is 0.132 e. The van der Waals surface area contributed by atoms with Crippen molar-refractivity contribution in [3.63, 3.8) is 0 Å². The molecule has 0 aromatic heterocycles. The summed E-state index contributed by atoms with van der Waals surface area (Å²) in [6.45, 7) is 3.76. The van der Waals surface area contributed by atoms with E-state index >= 15 is 0 Å². The van der Waals surface area contributed by atoms with Crippen LogP contribution in [0.3, 0.4) is 0 Å². The van der Waals surface area contributed by atoms with E-state index in [0.29, 0.717) is 18.6 Å². The van der Waals surface area contributed by atoms with Crippen molar-refractivity contribution in [1.82, 2.24) is 0 Å². The quantitative estimate of drug-likeness (QED) is 0.649. The molecule has 19 heavy (non-hydrogen) atoms. The molecule has 3 rings (SSSR count). The highest BCUT2D eigenvalue weighted by molar-refractivity contribution is 5.77. The van der Waals surface area contributed by atoms with Crippen molar-refractivity contribution in [3.8, 4) is 11.1 Å². The van der Waals surface area contributed by atoms with Crippen molar-refractivity contribution < 1.29 is 4.79 Å². The highest BCUT2D eigenvalue weighted by Crippen LogP contribution is 2.35. The second-order valence-corrected chi connectivity index (χ2v) is 4.74. The van der Waals surface area contributed by atoms with Gasteiger partial charge in [-0.2, -0.15) is 0 Å². The Kier molecular flexibility index (Phi) is 4.51. The Balaban J connectivity index is 0.000000192. The van der Waals surface area contributed by atoms with Gasteiger partial charge in [-0.15, -0.1) is 0 Å². The zero-order valence-electron chi connectivity index (χ0n) is 11.6. The second kappa shape index (κ2) is 6.33. The van der Waals surface area contributed by atoms with E-state index in [-0.39, 0.29) is 0 Å². The molecule has 2 aromatic rings. The van der Waals surface area contributed by atoms with Gasteiger partial charge in [-0.25, -0.2) is 0 Å². The number of hydrogen-bond donors (Lipinski definition) is 0. The van der Waals surface area contributed by atoms with E-state index in [1.165, 1.54) is 22.3 Å². The molecule has 0 N–H and O–H groups in total. The lowest BCUT2D eigenvalue weighted by Crippen LogP contribution is -1.88. The van der Waals surface area contributed by atoms with Crippen LogP contribution in [0, 0.1) is 0 Å². The molecule has 0 fully saturated rings. The van der Waals surface area contributed by atoms with Gasteiger partial charge < -0.3 is 0 Å². The largest absolute Gasteiger partial charge is 0.300 e. The van der Waals surface area contributed by atoms with Crippen LogP contribution in [0.25, 0.3) is 11.1 Å². The van der Waals surface area contributed by atoms with Crippen LogP contribution in [0.1, 0.15) is 37.8 Å². The first kappa shape index (κ1) is 13.5. The molecule has 0 atom stereocenters. The molecule has 0 radical (unpaired) electrons. The maximum Gasteiger partial charge on any atom is 0.132 e. The van der Waals surface area contributed by atoms with Gasteiger partial charge in [0, 0.05) is 12.8 Å². The number of rotatable bonds is 2. The molecule has 0 spiro atoms. The Morgan fingerprint density at radius 1 is 0.842 bits per heavy atom. The Morgan fingerprint density at radius 2 is 1.26 bits per heavy atom. The van der Waals surface area contributed by atoms with Crippen LogP contribution in [0.15, 0.2) is 48.5 Å². The van der Waals surface area contributed by atoms with Gasteiger partial charge in [0.1, 0.15) is 5.78 Å². The molecular formula is C18H20O. The van der Waals surface area contributed by atoms with Crippen LogP contribution in [0.5, 0.6) is 0 Å². The summed E-state index contributed by atoms with van der Waals surface area (Å²) in [7, 11) is 0. The van der Waals surface area contributed by atoms with Crippen molar-refractivity contribution >= 4 is 5.78 Å². The van der Waals surface area contributed by atoms with Gasteiger partial charge in [-0.3, -0.25) is 4.79 Å². The highest BCUT2D eigenvalue weighted by atomic mass is 16.1. The van der Waals surface area contributed by atoms with Gasteiger partial charge in [0.05, 0.1) is 0 Å². The lowest BCUT2D eigenvalue weighted by Gasteiger charge is -1.98. The van der Waals surface area contributed by atoms with Gasteiger partial charge in [0.15, 0.2) is 0 Å². The van der Waals surface area contributed by atoms with E-state index in [2.05, 4.69) is 48.5 Å². The maximum absolute atomic E-state index is 10.2. The first-order valence-electron chi connectivity index (χ1n) is 6.94. The Labute approximate surface area is 115 Å². The number of carbonyl (C=O) groups is 1. The van der Waals surface area contributed by atoms with Gasteiger partial charge in [-0.05, 0) is 28.7 Å². The number of benzene rings is 2. The fourth-order valence-corrected chi connectivity index (χ4v) is 2.33. The summed E-state index contributed by atoms with van der Waals surface area (Å²) in [5, 5.41) is 0. The maximum atomic E-state index is 10.2. The third kappa shape index (κ3) is 3.11. The van der Waals surface area contributed by atoms with Gasteiger partial charge in [0.2, 0.25) is 0 Å². The first-order chi connectivity index (χ1) is 9.26. The molecule has 0 aliphatic heterocycles. The molecule has 2 aromatic carbocycles. The molecular weight excluding hydrogens is 232 g/mol. The minimum atomic E-state index is 0.343. The summed E-state index contributed by atoms with van der Waals surface area (Å²) in [5.74, 6) is 0.343. The van der Waals surface area contributed by atoms with Crippen molar-refractivity contribution in [3.05, 3.63) is 59.7 Å². The molecule has 0 bridgehead atoms. The lowest BCUT2D eigenvalue weighted by molar-refractivity contribution is -0.118. The minimum absolute atomic E-state index is 0.343. The predicted molar refractivity (Wildman–Crippen MR) is 80.3 cm³/mol. The van der Waals surface area contributed by atoms with Crippen LogP contribution >= 0.6 is 0 Å². The van der Waals surface area contributed by atoms with E-state index in [1.807, 2.05) is 13.8 Å². The molecule has 1 aliphatic carbocycles. The van der Waals surface area contributed by atoms with Gasteiger partial charge in [-0.1, -0.05) is 62.4 Å². The van der Waals surface area contributed by atoms with E-state index < -0.39 is 0 Å². The molecule has 0 unspecified atom stereocenters. The van der Waals surface area contributed by atoms with Crippen molar-refractivity contribution in [2.45, 2.75) is 33.1 Å². The molecule has 98 valence electrons. The first-order valence-corrected chi connectivity index (χ1v) is 6.94. The topological polar surface area (TPSA) is 17.1 Å². The summed E-state index contributed by atoms with van der Waals surface area (Å²) in [4.78, 5) is 10.2. The summed E-state index contributed by atoms with van der Waals surface area (Å²) < 4.78 is 0. The molecule has 1 heteroatoms. The molecule has 1 nitrogen and oxygen atoms in total. The summed E-state index contributed by atoms with van der Waals surface area (Å²) in [5.41, 5.74) is 5.75. The number of ketones is 1. The molecule has 0 saturated heterocycles. The Bertz CT molecular complexity index is 520. The van der Waals surface area contributed by atoms with E-state index in [0.717, 1.165) is 6.42 Å². The zero-order chi connectivity index (χ0) is 13.7. The third-order valence-corrected chi connectivity index (χ3v) is 3.49. The summed E-state index contributed by atoms with van der Waals surface area (Å²) >= 11 is 0. The van der Waals surface area contributed by atoms with Gasteiger partial charge >= 0.3 is 0 Å². The lowest BCUT2D eigenvalue weighted by atomic mass is 10.1. The molecule has 0 heterocycles. The summed E-state index contributed by atoms with van der Waals surface area (Å²) in [6, 6.07) is 17.3. The van der Waals surface area contributed by atoms with E-state index in [1.54, 1.807) is 0 Å². The minimum Gasteiger partial charge on any atom is -0.300 e. The predicted octanol–water partition coefficient (Wildman–Crippen LogP) is 4.63. The van der Waals surface area contributed by atoms with Gasteiger partial charge in [0.25, 0.3) is 0 Å². The molecule has 1 aliphatic rings. The van der Waals surface area contributed by atoms with Crippen LogP contribution < -0.4 is 0 Å². The average Bonchev–Trinajstić information content (AvgIpc) is 2.85. The monoisotopic (exact) mass is 252 g/mol. The van der Waals surface area contributed by atoms with Crippen molar-refractivity contribution in [2.75, 3.05) is 0 Å². The Morgan fingerprint density at radius 3 is 1.63 bits per heavy atom. The third-order valence-electron chi connectivity index (χ3n) is 3.49. The normalized spacial score (nSPS) is 11.1. The molecule has 0 saturated carbocycles. The zero-order valence-corrected chi connectivity index (χ0v) is 11.6. The fraction of sp³-hybridized carbons (Fsp3) is 0.278. The number of Topliss-reactive ketones (excluding diaryl/α,β-unsaturated/α-hetero) is 1. The van der Waals surface area contributed by atoms with Crippen molar-refractivity contribution in [2.24, 2.45) is 0 Å². The number of fused-ring (bicyclic) bond motifs is 3. The molecule has 0 amide bonds. The summed E-state index contributed by atoms with van der Waals surface area (Å²) in [6.07, 6.45) is 2.49. The van der Waals surface area contributed by atoms with Crippen LogP contribution in [-0.4, -0.2) is 5.78 Å². The number of hydrogen-bond acceptors (Lipinski definition) is 1. The van der Waals surface area contributed by atoms with Crippen LogP contribution in [-0.2, 0) is 11.2 Å². The average molecular weight is 252 g/mol. The second-order valence-electron chi connectivity index (χ2n) is 4.74. The van der Waals surface area contributed by atoms with E-state index in [4.69, 9.17) is 0 Å². The van der Waals surface area contributed by atoms with Crippen LogP contribution in [0.2, 0.25) is 0 Å². The Hall–Kier alpha value is -1.89. The standard InChI is InChI=1S/C13H10.C5H10O/c1-3-7-12-10(5-1)9-11-6-2-4-8-13(11)12;1-3-5(6)4-2/h1-8H,9H2;3-4H2,1-2H3. The number of carbonyl (C=O) groups excluding carboxylic acids is 1. The van der Waals surface area contributed by atoms with Crippen LogP contribution in [0.4, 0.5) is 0 Å². The SMILES string of the molecule is CCC(=O)CC.c1ccc2c(c1)Cc1ccccc1-2. The fourth-order valence-electron chi connectivity index (χ4n) is 2.33.